The Balaban J connectivity index is 2.28. The first kappa shape index (κ1) is 16.5. The van der Waals surface area contributed by atoms with Crippen LogP contribution in [0.4, 0.5) is 5.69 Å². The molecule has 1 N–H and O–H groups in total. The van der Waals surface area contributed by atoms with Gasteiger partial charge in [0.1, 0.15) is 5.75 Å². The highest BCUT2D eigenvalue weighted by Gasteiger charge is 2.06. The molecule has 112 valence electrons. The van der Waals surface area contributed by atoms with E-state index in [9.17, 15) is 4.79 Å². The van der Waals surface area contributed by atoms with E-state index in [1.54, 1.807) is 0 Å². The van der Waals surface area contributed by atoms with Gasteiger partial charge >= 0.3 is 0 Å². The molecular weight excluding hydrogens is 250 g/mol. The van der Waals surface area contributed by atoms with Crippen LogP contribution in [-0.4, -0.2) is 12.5 Å². The monoisotopic (exact) mass is 277 g/mol. The summed E-state index contributed by atoms with van der Waals surface area (Å²) in [5.41, 5.74) is 0.769. The maximum atomic E-state index is 11.9. The van der Waals surface area contributed by atoms with Gasteiger partial charge in [0.05, 0.1) is 12.3 Å². The van der Waals surface area contributed by atoms with E-state index in [2.05, 4.69) is 12.2 Å². The number of unbranched alkanes of at least 4 members (excludes halogenated alkanes) is 5. The van der Waals surface area contributed by atoms with Crippen LogP contribution in [-0.2, 0) is 4.79 Å². The molecule has 0 heterocycles. The van der Waals surface area contributed by atoms with E-state index in [-0.39, 0.29) is 5.91 Å². The van der Waals surface area contributed by atoms with Gasteiger partial charge in [0.2, 0.25) is 5.91 Å². The molecule has 0 saturated heterocycles. The topological polar surface area (TPSA) is 38.3 Å². The van der Waals surface area contributed by atoms with Crippen LogP contribution < -0.4 is 10.1 Å². The number of carbonyl (C=O) groups is 1. The number of benzene rings is 1. The van der Waals surface area contributed by atoms with E-state index in [4.69, 9.17) is 4.74 Å². The van der Waals surface area contributed by atoms with Gasteiger partial charge in [0, 0.05) is 6.42 Å². The summed E-state index contributed by atoms with van der Waals surface area (Å²) >= 11 is 0. The van der Waals surface area contributed by atoms with E-state index >= 15 is 0 Å². The van der Waals surface area contributed by atoms with E-state index < -0.39 is 0 Å². The Morgan fingerprint density at radius 1 is 1.05 bits per heavy atom. The van der Waals surface area contributed by atoms with Crippen molar-refractivity contribution in [2.45, 2.75) is 58.8 Å². The van der Waals surface area contributed by atoms with Crippen molar-refractivity contribution in [3.05, 3.63) is 24.3 Å². The molecule has 1 aromatic rings. The highest BCUT2D eigenvalue weighted by Crippen LogP contribution is 2.23. The molecule has 0 fully saturated rings. The van der Waals surface area contributed by atoms with Crippen molar-refractivity contribution < 1.29 is 9.53 Å². The Hall–Kier alpha value is -1.51. The molecule has 0 bridgehead atoms. The molecule has 1 amide bonds. The Labute approximate surface area is 122 Å². The predicted molar refractivity (Wildman–Crippen MR) is 84.2 cm³/mol. The first-order valence-corrected chi connectivity index (χ1v) is 7.79. The second kappa shape index (κ2) is 10.3. The maximum Gasteiger partial charge on any atom is 0.224 e. The molecular formula is C17H27NO2. The minimum absolute atomic E-state index is 0.0765. The van der Waals surface area contributed by atoms with Crippen LogP contribution in [0.1, 0.15) is 58.8 Å². The molecule has 0 spiro atoms. The standard InChI is InChI=1S/C17H27NO2/c1-3-5-6-7-8-9-14-17(19)18-15-12-10-11-13-16(15)20-4-2/h10-13H,3-9,14H2,1-2H3,(H,18,19). The van der Waals surface area contributed by atoms with Crippen LogP contribution in [0, 0.1) is 0 Å². The van der Waals surface area contributed by atoms with E-state index in [0.29, 0.717) is 13.0 Å². The lowest BCUT2D eigenvalue weighted by atomic mass is 10.1. The molecule has 0 saturated carbocycles. The average Bonchev–Trinajstić information content (AvgIpc) is 2.45. The van der Waals surface area contributed by atoms with Crippen molar-refractivity contribution in [3.8, 4) is 5.75 Å². The third-order valence-electron chi connectivity index (χ3n) is 3.22. The van der Waals surface area contributed by atoms with Crippen molar-refractivity contribution in [2.75, 3.05) is 11.9 Å². The quantitative estimate of drug-likeness (QED) is 0.625. The fraction of sp³-hybridized carbons (Fsp3) is 0.588. The minimum Gasteiger partial charge on any atom is -0.492 e. The van der Waals surface area contributed by atoms with Crippen LogP contribution in [0.15, 0.2) is 24.3 Å². The third-order valence-corrected chi connectivity index (χ3v) is 3.22. The molecule has 1 aromatic carbocycles. The number of carbonyl (C=O) groups excluding carboxylic acids is 1. The summed E-state index contributed by atoms with van der Waals surface area (Å²) in [6.45, 7) is 4.75. The van der Waals surface area contributed by atoms with Crippen LogP contribution in [0.2, 0.25) is 0 Å². The molecule has 0 aromatic heterocycles. The van der Waals surface area contributed by atoms with Crippen molar-refractivity contribution in [1.29, 1.82) is 0 Å². The SMILES string of the molecule is CCCCCCCCC(=O)Nc1ccccc1OCC. The summed E-state index contributed by atoms with van der Waals surface area (Å²) < 4.78 is 5.49. The number of nitrogens with one attached hydrogen (secondary N) is 1. The fourth-order valence-corrected chi connectivity index (χ4v) is 2.13. The number of hydrogen-bond donors (Lipinski definition) is 1. The number of ether oxygens (including phenoxy) is 1. The van der Waals surface area contributed by atoms with E-state index in [1.807, 2.05) is 31.2 Å². The molecule has 0 atom stereocenters. The van der Waals surface area contributed by atoms with Gasteiger partial charge in [0.25, 0.3) is 0 Å². The van der Waals surface area contributed by atoms with Gasteiger partial charge in [-0.2, -0.15) is 0 Å². The summed E-state index contributed by atoms with van der Waals surface area (Å²) in [6, 6.07) is 7.57. The van der Waals surface area contributed by atoms with E-state index in [1.165, 1.54) is 25.7 Å². The van der Waals surface area contributed by atoms with Gasteiger partial charge in [-0.1, -0.05) is 51.2 Å². The molecule has 0 aliphatic rings. The van der Waals surface area contributed by atoms with Crippen molar-refractivity contribution >= 4 is 11.6 Å². The molecule has 0 unspecified atom stereocenters. The third kappa shape index (κ3) is 6.60. The van der Waals surface area contributed by atoms with Gasteiger partial charge in [-0.3, -0.25) is 4.79 Å². The largest absolute Gasteiger partial charge is 0.492 e. The van der Waals surface area contributed by atoms with Crippen LogP contribution in [0.25, 0.3) is 0 Å². The summed E-state index contributed by atoms with van der Waals surface area (Å²) in [4.78, 5) is 11.9. The smallest absolute Gasteiger partial charge is 0.224 e. The summed E-state index contributed by atoms with van der Waals surface area (Å²) in [5, 5.41) is 2.93. The zero-order valence-electron chi connectivity index (χ0n) is 12.8. The van der Waals surface area contributed by atoms with Crippen LogP contribution in [0.5, 0.6) is 5.75 Å². The fourth-order valence-electron chi connectivity index (χ4n) is 2.13. The number of hydrogen-bond acceptors (Lipinski definition) is 2. The van der Waals surface area contributed by atoms with Gasteiger partial charge in [0.15, 0.2) is 0 Å². The number of amides is 1. The molecule has 1 rings (SSSR count). The molecule has 20 heavy (non-hydrogen) atoms. The van der Waals surface area contributed by atoms with Crippen molar-refractivity contribution in [3.63, 3.8) is 0 Å². The number of para-hydroxylation sites is 2. The highest BCUT2D eigenvalue weighted by atomic mass is 16.5. The Bertz CT molecular complexity index is 390. The van der Waals surface area contributed by atoms with Crippen molar-refractivity contribution in [1.82, 2.24) is 0 Å². The van der Waals surface area contributed by atoms with Crippen LogP contribution >= 0.6 is 0 Å². The van der Waals surface area contributed by atoms with E-state index in [0.717, 1.165) is 24.3 Å². The lowest BCUT2D eigenvalue weighted by Crippen LogP contribution is -2.12. The van der Waals surface area contributed by atoms with Gasteiger partial charge in [-0.05, 0) is 25.5 Å². The Morgan fingerprint density at radius 3 is 2.50 bits per heavy atom. The molecule has 3 heteroatoms. The minimum atomic E-state index is 0.0765. The molecule has 3 nitrogen and oxygen atoms in total. The summed E-state index contributed by atoms with van der Waals surface area (Å²) in [6.07, 6.45) is 7.77. The Morgan fingerprint density at radius 2 is 1.75 bits per heavy atom. The van der Waals surface area contributed by atoms with Crippen molar-refractivity contribution in [2.24, 2.45) is 0 Å². The summed E-state index contributed by atoms with van der Waals surface area (Å²) in [7, 11) is 0. The summed E-state index contributed by atoms with van der Waals surface area (Å²) in [5.74, 6) is 0.818. The molecule has 0 aliphatic carbocycles. The number of anilines is 1. The second-order valence-corrected chi connectivity index (χ2v) is 5.00. The first-order chi connectivity index (χ1) is 9.77. The average molecular weight is 277 g/mol. The van der Waals surface area contributed by atoms with Gasteiger partial charge in [-0.15, -0.1) is 0 Å². The zero-order chi connectivity index (χ0) is 14.6. The lowest BCUT2D eigenvalue weighted by molar-refractivity contribution is -0.116. The second-order valence-electron chi connectivity index (χ2n) is 5.00. The van der Waals surface area contributed by atoms with Gasteiger partial charge < -0.3 is 10.1 Å². The zero-order valence-corrected chi connectivity index (χ0v) is 12.8. The van der Waals surface area contributed by atoms with Gasteiger partial charge in [-0.25, -0.2) is 0 Å². The molecule has 0 radical (unpaired) electrons. The normalized spacial score (nSPS) is 10.3. The number of rotatable bonds is 10. The maximum absolute atomic E-state index is 11.9. The highest BCUT2D eigenvalue weighted by molar-refractivity contribution is 5.92. The predicted octanol–water partition coefficient (Wildman–Crippen LogP) is 4.77. The Kier molecular flexibility index (Phi) is 8.52. The van der Waals surface area contributed by atoms with Crippen LogP contribution in [0.3, 0.4) is 0 Å². The first-order valence-electron chi connectivity index (χ1n) is 7.79. The molecule has 0 aliphatic heterocycles. The lowest BCUT2D eigenvalue weighted by Gasteiger charge is -2.11.